The number of aliphatic hydroxyl groups excluding tert-OH is 1. The highest BCUT2D eigenvalue weighted by atomic mass is 35.5. The molecular weight excluding hydrogens is 556 g/mol. The molecule has 2 aromatic heterocycles. The van der Waals surface area contributed by atoms with Crippen LogP contribution >= 0.6 is 11.6 Å². The van der Waals surface area contributed by atoms with Crippen LogP contribution in [0.5, 0.6) is 5.75 Å². The summed E-state index contributed by atoms with van der Waals surface area (Å²) in [5, 5.41) is 21.7. The number of nitrogens with zero attached hydrogens (tertiary/aromatic N) is 2. The van der Waals surface area contributed by atoms with Crippen LogP contribution in [0.2, 0.25) is 5.02 Å². The maximum atomic E-state index is 14.8. The van der Waals surface area contributed by atoms with Crippen molar-refractivity contribution >= 4 is 28.2 Å². The van der Waals surface area contributed by atoms with Crippen LogP contribution in [-0.4, -0.2) is 45.3 Å². The molecule has 0 aliphatic carbocycles. The summed E-state index contributed by atoms with van der Waals surface area (Å²) < 4.78 is 91.3. The number of rotatable bonds is 7. The first-order valence-electron chi connectivity index (χ1n) is 11.0. The fraction of sp³-hybridized carbons (Fsp3) is 0.200. The maximum absolute atomic E-state index is 14.8. The molecule has 0 amide bonds. The highest BCUT2D eigenvalue weighted by molar-refractivity contribution is 6.31. The number of aliphatic hydroxyl groups is 2. The van der Waals surface area contributed by atoms with Gasteiger partial charge in [-0.25, -0.2) is 13.8 Å². The molecule has 0 aliphatic rings. The van der Waals surface area contributed by atoms with Crippen molar-refractivity contribution in [1.82, 2.24) is 9.55 Å². The second kappa shape index (κ2) is 10.4. The van der Waals surface area contributed by atoms with Gasteiger partial charge in [0.1, 0.15) is 11.6 Å². The number of fused-ring (bicyclic) bond motifs is 1. The van der Waals surface area contributed by atoms with Crippen LogP contribution < -0.4 is 15.6 Å². The molecule has 0 radical (unpaired) electrons. The summed E-state index contributed by atoms with van der Waals surface area (Å²) in [6, 6.07) is 6.72. The Balaban J connectivity index is 2.00. The molecule has 4 rings (SSSR count). The third-order valence-corrected chi connectivity index (χ3v) is 6.41. The number of aromatic nitrogens is 2. The quantitative estimate of drug-likeness (QED) is 0.215. The molecule has 3 N–H and O–H groups in total. The molecule has 2 atom stereocenters. The smallest absolute Gasteiger partial charge is 0.421 e. The van der Waals surface area contributed by atoms with Gasteiger partial charge in [-0.2, -0.15) is 17.6 Å². The second-order valence-electron chi connectivity index (χ2n) is 8.35. The van der Waals surface area contributed by atoms with Crippen LogP contribution in [0.4, 0.5) is 32.0 Å². The van der Waals surface area contributed by atoms with Crippen molar-refractivity contribution in [2.24, 2.45) is 0 Å². The second-order valence-corrected chi connectivity index (χ2v) is 8.73. The van der Waals surface area contributed by atoms with E-state index in [-0.39, 0.29) is 16.7 Å². The lowest BCUT2D eigenvalue weighted by atomic mass is 9.87. The summed E-state index contributed by atoms with van der Waals surface area (Å²) in [5.74, 6) is -3.92. The minimum Gasteiger partial charge on any atom is -0.494 e. The number of hydrogen-bond acceptors (Lipinski definition) is 6. The molecule has 14 heteroatoms. The van der Waals surface area contributed by atoms with Crippen molar-refractivity contribution in [2.75, 3.05) is 19.0 Å². The zero-order chi connectivity index (χ0) is 28.7. The van der Waals surface area contributed by atoms with Gasteiger partial charge in [0.2, 0.25) is 11.5 Å². The van der Waals surface area contributed by atoms with Crippen LogP contribution in [0.1, 0.15) is 11.6 Å². The summed E-state index contributed by atoms with van der Waals surface area (Å²) in [4.78, 5) is 16.3. The Kier molecular flexibility index (Phi) is 7.52. The summed E-state index contributed by atoms with van der Waals surface area (Å²) in [5.41, 5.74) is -6.02. The average molecular weight is 574 g/mol. The Hall–Kier alpha value is -3.81. The normalized spacial score (nSPS) is 14.2. The van der Waals surface area contributed by atoms with Gasteiger partial charge in [-0.15, -0.1) is 0 Å². The van der Waals surface area contributed by atoms with Crippen molar-refractivity contribution in [3.8, 4) is 11.6 Å². The van der Waals surface area contributed by atoms with E-state index in [1.807, 2.05) is 0 Å². The van der Waals surface area contributed by atoms with Crippen LogP contribution in [-0.2, 0) is 0 Å². The van der Waals surface area contributed by atoms with Crippen molar-refractivity contribution in [2.45, 2.75) is 17.8 Å². The van der Waals surface area contributed by atoms with Crippen LogP contribution in [0.15, 0.2) is 59.4 Å². The molecule has 0 bridgehead atoms. The number of pyridine rings is 2. The Labute approximate surface area is 220 Å². The topological polar surface area (TPSA) is 96.6 Å². The number of alkyl halides is 3. The summed E-state index contributed by atoms with van der Waals surface area (Å²) in [6.07, 6.45) is -5.50. The first-order valence-corrected chi connectivity index (χ1v) is 11.4. The molecule has 2 aromatic carbocycles. The third kappa shape index (κ3) is 5.00. The number of ether oxygens (including phenoxy) is 1. The Bertz CT molecular complexity index is 1610. The highest BCUT2D eigenvalue weighted by Gasteiger charge is 2.59. The number of nitrogens with one attached hydrogen (secondary N) is 1. The van der Waals surface area contributed by atoms with E-state index in [4.69, 9.17) is 16.3 Å². The van der Waals surface area contributed by atoms with E-state index >= 15 is 0 Å². The predicted molar refractivity (Wildman–Crippen MR) is 130 cm³/mol. The van der Waals surface area contributed by atoms with Gasteiger partial charge in [-0.1, -0.05) is 23.7 Å². The van der Waals surface area contributed by atoms with Gasteiger partial charge in [-0.05, 0) is 42.0 Å². The van der Waals surface area contributed by atoms with Crippen LogP contribution in [0, 0.1) is 17.6 Å². The SMILES string of the molecule is COc1ccc(C(Nc2cc(F)cc3c2ccc(=O)n3-c2cccc(F)n2)C(O)(CO)C(F)(F)F)c(Cl)c1F. The highest BCUT2D eigenvalue weighted by Crippen LogP contribution is 2.45. The minimum absolute atomic E-state index is 0.0698. The van der Waals surface area contributed by atoms with E-state index in [0.717, 1.165) is 54.1 Å². The standard InChI is InChI=1S/C25H18ClF6N3O4/c1-39-17-7-5-14(21(26)22(17)29)23(24(38,11-36)25(30,31)32)33-15-9-12(27)10-16-13(15)6-8-20(37)35(16)19-4-2-3-18(28)34-19/h2-10,23,33,36,38H,11H2,1H3. The van der Waals surface area contributed by atoms with E-state index in [9.17, 15) is 41.4 Å². The first kappa shape index (κ1) is 28.2. The molecule has 39 heavy (non-hydrogen) atoms. The van der Waals surface area contributed by atoms with Crippen LogP contribution in [0.25, 0.3) is 16.7 Å². The molecule has 2 heterocycles. The van der Waals surface area contributed by atoms with E-state index in [1.54, 1.807) is 0 Å². The largest absolute Gasteiger partial charge is 0.494 e. The van der Waals surface area contributed by atoms with Gasteiger partial charge in [-0.3, -0.25) is 9.36 Å². The molecule has 206 valence electrons. The molecule has 0 saturated heterocycles. The van der Waals surface area contributed by atoms with Gasteiger partial charge in [0.05, 0.1) is 30.3 Å². The fourth-order valence-corrected chi connectivity index (χ4v) is 4.34. The van der Waals surface area contributed by atoms with Crippen molar-refractivity contribution < 1.29 is 41.3 Å². The zero-order valence-corrected chi connectivity index (χ0v) is 20.5. The molecule has 4 aromatic rings. The predicted octanol–water partition coefficient (Wildman–Crippen LogP) is 4.90. The minimum atomic E-state index is -5.50. The third-order valence-electron chi connectivity index (χ3n) is 6.02. The lowest BCUT2D eigenvalue weighted by molar-refractivity contribution is -0.277. The molecule has 0 spiro atoms. The average Bonchev–Trinajstić information content (AvgIpc) is 2.87. The monoisotopic (exact) mass is 573 g/mol. The Morgan fingerprint density at radius 2 is 1.82 bits per heavy atom. The van der Waals surface area contributed by atoms with Crippen molar-refractivity contribution in [3.05, 3.63) is 93.1 Å². The van der Waals surface area contributed by atoms with Gasteiger partial charge in [0.15, 0.2) is 11.6 Å². The van der Waals surface area contributed by atoms with E-state index in [1.165, 1.54) is 12.1 Å². The molecule has 0 saturated carbocycles. The first-order chi connectivity index (χ1) is 18.3. The maximum Gasteiger partial charge on any atom is 0.421 e. The fourth-order valence-electron chi connectivity index (χ4n) is 4.07. The molecule has 2 unspecified atom stereocenters. The van der Waals surface area contributed by atoms with Gasteiger partial charge >= 0.3 is 6.18 Å². The van der Waals surface area contributed by atoms with Crippen molar-refractivity contribution in [3.63, 3.8) is 0 Å². The summed E-state index contributed by atoms with van der Waals surface area (Å²) in [6.45, 7) is -1.90. The lowest BCUT2D eigenvalue weighted by Crippen LogP contribution is -2.55. The summed E-state index contributed by atoms with van der Waals surface area (Å²) >= 11 is 6.02. The summed E-state index contributed by atoms with van der Waals surface area (Å²) in [7, 11) is 1.09. The van der Waals surface area contributed by atoms with E-state index < -0.39 is 69.6 Å². The number of halogens is 7. The molecule has 7 nitrogen and oxygen atoms in total. The number of anilines is 1. The number of benzene rings is 2. The molecule has 0 aliphatic heterocycles. The Morgan fingerprint density at radius 1 is 1.10 bits per heavy atom. The van der Waals surface area contributed by atoms with Gasteiger partial charge < -0.3 is 20.3 Å². The molecule has 0 fully saturated rings. The lowest BCUT2D eigenvalue weighted by Gasteiger charge is -2.38. The number of methoxy groups -OCH3 is 1. The van der Waals surface area contributed by atoms with Gasteiger partial charge in [0, 0.05) is 17.1 Å². The van der Waals surface area contributed by atoms with Crippen molar-refractivity contribution in [1.29, 1.82) is 0 Å². The zero-order valence-electron chi connectivity index (χ0n) is 19.7. The van der Waals surface area contributed by atoms with Gasteiger partial charge in [0.25, 0.3) is 5.56 Å². The van der Waals surface area contributed by atoms with E-state index in [0.29, 0.717) is 0 Å². The number of hydrogen-bond donors (Lipinski definition) is 3. The van der Waals surface area contributed by atoms with Crippen LogP contribution in [0.3, 0.4) is 0 Å². The van der Waals surface area contributed by atoms with E-state index in [2.05, 4.69) is 10.3 Å². The molecular formula is C25H18ClF6N3O4. The Morgan fingerprint density at radius 3 is 2.44 bits per heavy atom.